The standard InChI is InChI=1S/C20H15F9INO2/c1-9-16(14-7-11(18(21,22)23)2-3-15(14)30)33-17(32)31(9)8-10-4-12(19(24,25)26)6-13(5-10)20(27,28)29/h2-7,9,16-17,32H,8H2,1H3/t9-,16?,17?/m1/s1. The third-order valence-electron chi connectivity index (χ3n) is 5.16. The maximum absolute atomic E-state index is 13.1. The highest BCUT2D eigenvalue weighted by atomic mass is 127. The lowest BCUT2D eigenvalue weighted by Gasteiger charge is -2.25. The van der Waals surface area contributed by atoms with Crippen LogP contribution < -0.4 is 0 Å². The Morgan fingerprint density at radius 1 is 0.848 bits per heavy atom. The predicted octanol–water partition coefficient (Wildman–Crippen LogP) is 6.59. The van der Waals surface area contributed by atoms with Gasteiger partial charge in [0.05, 0.1) is 16.7 Å². The Hall–Kier alpha value is -1.58. The van der Waals surface area contributed by atoms with Crippen LogP contribution in [-0.2, 0) is 29.8 Å². The summed E-state index contributed by atoms with van der Waals surface area (Å²) in [6.45, 7) is 0.872. The van der Waals surface area contributed by atoms with Crippen molar-refractivity contribution in [2.45, 2.75) is 50.6 Å². The van der Waals surface area contributed by atoms with Crippen LogP contribution in [0.2, 0.25) is 0 Å². The van der Waals surface area contributed by atoms with E-state index in [1.54, 1.807) is 22.6 Å². The summed E-state index contributed by atoms with van der Waals surface area (Å²) in [6.07, 6.45) is -17.6. The van der Waals surface area contributed by atoms with Gasteiger partial charge in [-0.3, -0.25) is 0 Å². The monoisotopic (exact) mass is 599 g/mol. The summed E-state index contributed by atoms with van der Waals surface area (Å²) in [6, 6.07) is 3.06. The molecule has 13 heteroatoms. The molecule has 1 aliphatic heterocycles. The number of nitrogens with zero attached hydrogens (tertiary/aromatic N) is 1. The molecule has 1 saturated heterocycles. The lowest BCUT2D eigenvalue weighted by Crippen LogP contribution is -2.35. The van der Waals surface area contributed by atoms with E-state index in [9.17, 15) is 44.6 Å². The summed E-state index contributed by atoms with van der Waals surface area (Å²) in [4.78, 5) is 1.07. The predicted molar refractivity (Wildman–Crippen MR) is 105 cm³/mol. The van der Waals surface area contributed by atoms with Crippen molar-refractivity contribution in [1.82, 2.24) is 4.90 Å². The molecule has 3 rings (SSSR count). The highest BCUT2D eigenvalue weighted by molar-refractivity contribution is 14.1. The minimum Gasteiger partial charge on any atom is -0.356 e. The number of aliphatic hydroxyl groups excluding tert-OH is 1. The SMILES string of the molecule is C[C@@H]1C(c2cc(C(F)(F)F)ccc2I)OC(O)N1Cc1cc(C(F)(F)F)cc(C(F)(F)F)c1. The molecule has 0 spiro atoms. The van der Waals surface area contributed by atoms with Crippen LogP contribution >= 0.6 is 22.6 Å². The zero-order valence-corrected chi connectivity index (χ0v) is 18.6. The molecule has 0 bridgehead atoms. The number of halogens is 10. The molecule has 2 aromatic carbocycles. The molecule has 0 aliphatic carbocycles. The molecular formula is C20H15F9INO2. The van der Waals surface area contributed by atoms with Gasteiger partial charge >= 0.3 is 18.5 Å². The van der Waals surface area contributed by atoms with E-state index in [4.69, 9.17) is 4.74 Å². The molecule has 0 radical (unpaired) electrons. The lowest BCUT2D eigenvalue weighted by atomic mass is 10.00. The molecule has 3 nitrogen and oxygen atoms in total. The fourth-order valence-electron chi connectivity index (χ4n) is 3.51. The zero-order valence-electron chi connectivity index (χ0n) is 16.5. The van der Waals surface area contributed by atoms with E-state index in [-0.39, 0.29) is 11.6 Å². The number of alkyl halides is 9. The van der Waals surface area contributed by atoms with E-state index >= 15 is 0 Å². The van der Waals surface area contributed by atoms with Crippen molar-refractivity contribution in [3.8, 4) is 0 Å². The van der Waals surface area contributed by atoms with Crippen LogP contribution in [0.1, 0.15) is 40.8 Å². The number of ether oxygens (including phenoxy) is 1. The minimum atomic E-state index is -5.04. The Bertz CT molecular complexity index is 988. The van der Waals surface area contributed by atoms with E-state index in [0.29, 0.717) is 15.7 Å². The maximum Gasteiger partial charge on any atom is 0.416 e. The third kappa shape index (κ3) is 5.74. The molecule has 1 N–H and O–H groups in total. The van der Waals surface area contributed by atoms with Crippen molar-refractivity contribution in [3.05, 3.63) is 67.8 Å². The summed E-state index contributed by atoms with van der Waals surface area (Å²) in [7, 11) is 0. The summed E-state index contributed by atoms with van der Waals surface area (Å²) in [5.41, 5.74) is -4.31. The summed E-state index contributed by atoms with van der Waals surface area (Å²) in [5, 5.41) is 10.3. The first-order valence-electron chi connectivity index (χ1n) is 9.23. The second-order valence-corrected chi connectivity index (χ2v) is 8.61. The van der Waals surface area contributed by atoms with E-state index in [1.165, 1.54) is 13.0 Å². The molecule has 1 fully saturated rings. The highest BCUT2D eigenvalue weighted by Crippen LogP contribution is 2.41. The van der Waals surface area contributed by atoms with Crippen LogP contribution in [0, 0.1) is 3.57 Å². The molecule has 1 aliphatic rings. The Morgan fingerprint density at radius 2 is 1.36 bits per heavy atom. The minimum absolute atomic E-state index is 0.0162. The van der Waals surface area contributed by atoms with Gasteiger partial charge in [-0.1, -0.05) is 0 Å². The second-order valence-electron chi connectivity index (χ2n) is 7.44. The van der Waals surface area contributed by atoms with Gasteiger partial charge in [0, 0.05) is 16.2 Å². The van der Waals surface area contributed by atoms with E-state index in [0.717, 1.165) is 17.0 Å². The fraction of sp³-hybridized carbons (Fsp3) is 0.400. The van der Waals surface area contributed by atoms with Crippen molar-refractivity contribution < 1.29 is 49.4 Å². The van der Waals surface area contributed by atoms with Crippen LogP contribution in [0.3, 0.4) is 0 Å². The first kappa shape index (κ1) is 26.0. The van der Waals surface area contributed by atoms with Gasteiger partial charge < -0.3 is 9.84 Å². The molecule has 1 heterocycles. The Balaban J connectivity index is 1.94. The lowest BCUT2D eigenvalue weighted by molar-refractivity contribution is -0.154. The van der Waals surface area contributed by atoms with Gasteiger partial charge in [0.1, 0.15) is 6.10 Å². The maximum atomic E-state index is 13.1. The average Bonchev–Trinajstić information content (AvgIpc) is 2.94. The quantitative estimate of drug-likeness (QED) is 0.320. The van der Waals surface area contributed by atoms with Gasteiger partial charge in [-0.2, -0.15) is 39.5 Å². The molecule has 0 saturated carbocycles. The summed E-state index contributed by atoms with van der Waals surface area (Å²) in [5.74, 6) is 0. The van der Waals surface area contributed by atoms with Crippen LogP contribution in [0.15, 0.2) is 36.4 Å². The van der Waals surface area contributed by atoms with E-state index in [1.807, 2.05) is 0 Å². The van der Waals surface area contributed by atoms with Gasteiger partial charge in [-0.05, 0) is 77.0 Å². The van der Waals surface area contributed by atoms with Gasteiger partial charge in [0.15, 0.2) is 0 Å². The average molecular weight is 599 g/mol. The van der Waals surface area contributed by atoms with Crippen LogP contribution in [0.4, 0.5) is 39.5 Å². The number of hydrogen-bond donors (Lipinski definition) is 1. The van der Waals surface area contributed by atoms with Crippen LogP contribution in [0.5, 0.6) is 0 Å². The van der Waals surface area contributed by atoms with Crippen molar-refractivity contribution in [3.63, 3.8) is 0 Å². The molecule has 3 atom stereocenters. The Kier molecular flexibility index (Phi) is 7.01. The molecule has 33 heavy (non-hydrogen) atoms. The van der Waals surface area contributed by atoms with Crippen molar-refractivity contribution >= 4 is 22.6 Å². The van der Waals surface area contributed by atoms with Crippen molar-refractivity contribution in [2.75, 3.05) is 0 Å². The van der Waals surface area contributed by atoms with E-state index < -0.39 is 65.9 Å². The van der Waals surface area contributed by atoms with E-state index in [2.05, 4.69) is 0 Å². The number of benzene rings is 2. The molecular weight excluding hydrogens is 584 g/mol. The number of hydrogen-bond acceptors (Lipinski definition) is 3. The van der Waals surface area contributed by atoms with Crippen LogP contribution in [-0.4, -0.2) is 22.5 Å². The topological polar surface area (TPSA) is 32.7 Å². The third-order valence-corrected chi connectivity index (χ3v) is 6.14. The fourth-order valence-corrected chi connectivity index (χ4v) is 4.16. The smallest absolute Gasteiger partial charge is 0.356 e. The normalized spacial score (nSPS) is 22.7. The van der Waals surface area contributed by atoms with Crippen molar-refractivity contribution in [1.29, 1.82) is 0 Å². The zero-order chi connectivity index (χ0) is 24.9. The van der Waals surface area contributed by atoms with Gasteiger partial charge in [0.25, 0.3) is 0 Å². The number of rotatable bonds is 3. The summed E-state index contributed by atoms with van der Waals surface area (Å²) < 4.78 is 124. The largest absolute Gasteiger partial charge is 0.416 e. The Morgan fingerprint density at radius 3 is 1.85 bits per heavy atom. The van der Waals surface area contributed by atoms with Crippen LogP contribution in [0.25, 0.3) is 0 Å². The molecule has 2 unspecified atom stereocenters. The van der Waals surface area contributed by atoms with Crippen molar-refractivity contribution in [2.24, 2.45) is 0 Å². The summed E-state index contributed by atoms with van der Waals surface area (Å²) >= 11 is 1.77. The molecule has 0 aromatic heterocycles. The van der Waals surface area contributed by atoms with Gasteiger partial charge in [-0.25, -0.2) is 4.90 Å². The van der Waals surface area contributed by atoms with Gasteiger partial charge in [0.2, 0.25) is 6.41 Å². The highest BCUT2D eigenvalue weighted by Gasteiger charge is 2.42. The first-order valence-corrected chi connectivity index (χ1v) is 10.3. The molecule has 182 valence electrons. The Labute approximate surface area is 195 Å². The molecule has 2 aromatic rings. The van der Waals surface area contributed by atoms with Gasteiger partial charge in [-0.15, -0.1) is 0 Å². The first-order chi connectivity index (χ1) is 15.0. The molecule has 0 amide bonds. The second kappa shape index (κ2) is 8.89. The number of aliphatic hydroxyl groups is 1.